The van der Waals surface area contributed by atoms with Crippen LogP contribution in [0.4, 0.5) is 17.1 Å². The lowest BCUT2D eigenvalue weighted by Gasteiger charge is -2.19. The van der Waals surface area contributed by atoms with Gasteiger partial charge in [-0.25, -0.2) is 13.2 Å². The van der Waals surface area contributed by atoms with Gasteiger partial charge in [0.25, 0.3) is 21.6 Å². The fourth-order valence-electron chi connectivity index (χ4n) is 3.06. The zero-order valence-electron chi connectivity index (χ0n) is 18.3. The van der Waals surface area contributed by atoms with Gasteiger partial charge in [-0.15, -0.1) is 0 Å². The van der Waals surface area contributed by atoms with E-state index in [1.807, 2.05) is 0 Å². The number of hydrogen-bond acceptors (Lipinski definition) is 7. The third-order valence-electron chi connectivity index (χ3n) is 4.98. The second-order valence-electron chi connectivity index (χ2n) is 7.16. The van der Waals surface area contributed by atoms with Gasteiger partial charge in [-0.3, -0.25) is 19.2 Å². The maximum atomic E-state index is 12.8. The molecule has 3 aromatic carbocycles. The van der Waals surface area contributed by atoms with Crippen molar-refractivity contribution in [2.75, 3.05) is 23.3 Å². The van der Waals surface area contributed by atoms with Crippen LogP contribution in [0.1, 0.15) is 15.9 Å². The topological polar surface area (TPSA) is 136 Å². The summed E-state index contributed by atoms with van der Waals surface area (Å²) in [6, 6.07) is 17.9. The number of sulfonamides is 1. The summed E-state index contributed by atoms with van der Waals surface area (Å²) in [6.45, 7) is 0.863. The van der Waals surface area contributed by atoms with E-state index >= 15 is 0 Å². The molecule has 0 saturated carbocycles. The van der Waals surface area contributed by atoms with Gasteiger partial charge in [-0.05, 0) is 49.4 Å². The molecule has 0 aliphatic carbocycles. The van der Waals surface area contributed by atoms with Crippen LogP contribution in [0.2, 0.25) is 0 Å². The number of carbonyl (C=O) groups excluding carboxylic acids is 2. The number of esters is 1. The molecule has 0 saturated heterocycles. The van der Waals surface area contributed by atoms with Crippen molar-refractivity contribution in [3.8, 4) is 0 Å². The lowest BCUT2D eigenvalue weighted by Crippen LogP contribution is -2.26. The number of amides is 1. The number of nitrogens with zero attached hydrogens (tertiary/aromatic N) is 2. The van der Waals surface area contributed by atoms with Crippen molar-refractivity contribution in [2.45, 2.75) is 11.8 Å². The van der Waals surface area contributed by atoms with E-state index in [0.717, 1.165) is 4.31 Å². The first-order chi connectivity index (χ1) is 16.1. The van der Waals surface area contributed by atoms with E-state index in [-0.39, 0.29) is 27.4 Å². The van der Waals surface area contributed by atoms with E-state index in [9.17, 15) is 28.1 Å². The van der Waals surface area contributed by atoms with Crippen LogP contribution in [-0.2, 0) is 19.6 Å². The molecule has 0 bridgehead atoms. The fourth-order valence-corrected chi connectivity index (χ4v) is 4.25. The summed E-state index contributed by atoms with van der Waals surface area (Å²) in [4.78, 5) is 34.8. The number of nitrogens with one attached hydrogen (secondary N) is 1. The average Bonchev–Trinajstić information content (AvgIpc) is 2.83. The molecule has 1 amide bonds. The fraction of sp³-hybridized carbons (Fsp3) is 0.130. The predicted molar refractivity (Wildman–Crippen MR) is 125 cm³/mol. The lowest BCUT2D eigenvalue weighted by atomic mass is 10.1. The quantitative estimate of drug-likeness (QED) is 0.294. The summed E-state index contributed by atoms with van der Waals surface area (Å²) in [7, 11) is -2.41. The van der Waals surface area contributed by atoms with E-state index in [2.05, 4.69) is 5.32 Å². The van der Waals surface area contributed by atoms with Crippen LogP contribution < -0.4 is 9.62 Å². The van der Waals surface area contributed by atoms with Crippen LogP contribution in [0, 0.1) is 17.0 Å². The van der Waals surface area contributed by atoms with E-state index in [1.54, 1.807) is 30.3 Å². The van der Waals surface area contributed by atoms with Gasteiger partial charge >= 0.3 is 5.97 Å². The van der Waals surface area contributed by atoms with Gasteiger partial charge in [0.1, 0.15) is 0 Å². The van der Waals surface area contributed by atoms with Crippen LogP contribution in [0.5, 0.6) is 0 Å². The Labute approximate surface area is 196 Å². The maximum Gasteiger partial charge on any atom is 0.338 e. The van der Waals surface area contributed by atoms with Gasteiger partial charge in [0.05, 0.1) is 32.3 Å². The number of hydrogen-bond donors (Lipinski definition) is 1. The van der Waals surface area contributed by atoms with Crippen molar-refractivity contribution >= 4 is 39.0 Å². The van der Waals surface area contributed by atoms with Crippen LogP contribution in [0.25, 0.3) is 0 Å². The molecule has 11 heteroatoms. The number of rotatable bonds is 8. The summed E-state index contributed by atoms with van der Waals surface area (Å²) in [5.41, 5.74) is 0.885. The Kier molecular flexibility index (Phi) is 7.27. The molecule has 0 atom stereocenters. The van der Waals surface area contributed by atoms with Gasteiger partial charge in [0.15, 0.2) is 6.61 Å². The van der Waals surface area contributed by atoms with Crippen LogP contribution >= 0.6 is 0 Å². The summed E-state index contributed by atoms with van der Waals surface area (Å²) in [6.07, 6.45) is 0. The molecule has 0 radical (unpaired) electrons. The summed E-state index contributed by atoms with van der Waals surface area (Å²) in [5.74, 6) is -1.51. The van der Waals surface area contributed by atoms with Crippen LogP contribution in [-0.4, -0.2) is 38.9 Å². The highest BCUT2D eigenvalue weighted by Crippen LogP contribution is 2.25. The Morgan fingerprint density at radius 1 is 1.00 bits per heavy atom. The third kappa shape index (κ3) is 5.38. The van der Waals surface area contributed by atoms with Gasteiger partial charge in [-0.1, -0.05) is 24.3 Å². The number of benzene rings is 3. The SMILES string of the molecule is Cc1c(NC(=O)COC(=O)c2ccc(S(=O)(=O)N(C)c3ccccc3)cc2)cccc1[N+](=O)[O-]. The normalized spacial score (nSPS) is 10.9. The minimum atomic E-state index is -3.84. The molecule has 0 unspecified atom stereocenters. The van der Waals surface area contributed by atoms with Gasteiger partial charge in [0, 0.05) is 13.1 Å². The largest absolute Gasteiger partial charge is 0.452 e. The number of anilines is 2. The molecule has 0 aliphatic heterocycles. The Morgan fingerprint density at radius 3 is 2.26 bits per heavy atom. The van der Waals surface area contributed by atoms with Crippen LogP contribution in [0.3, 0.4) is 0 Å². The minimum absolute atomic E-state index is 0.0192. The molecule has 34 heavy (non-hydrogen) atoms. The van der Waals surface area contributed by atoms with Gasteiger partial charge in [0.2, 0.25) is 0 Å². The van der Waals surface area contributed by atoms with Crippen molar-refractivity contribution in [2.24, 2.45) is 0 Å². The number of nitro groups is 1. The second kappa shape index (κ2) is 10.1. The highest BCUT2D eigenvalue weighted by Gasteiger charge is 2.22. The molecule has 3 aromatic rings. The summed E-state index contributed by atoms with van der Waals surface area (Å²) >= 11 is 0. The first-order valence-corrected chi connectivity index (χ1v) is 11.4. The molecule has 10 nitrogen and oxygen atoms in total. The van der Waals surface area contributed by atoms with Gasteiger partial charge in [-0.2, -0.15) is 0 Å². The van der Waals surface area contributed by atoms with Crippen molar-refractivity contribution < 1.29 is 27.7 Å². The Bertz CT molecular complexity index is 1320. The molecule has 0 aromatic heterocycles. The Morgan fingerprint density at radius 2 is 1.65 bits per heavy atom. The molecular weight excluding hydrogens is 462 g/mol. The molecule has 1 N–H and O–H groups in total. The van der Waals surface area contributed by atoms with Gasteiger partial charge < -0.3 is 10.1 Å². The third-order valence-corrected chi connectivity index (χ3v) is 6.78. The standard InChI is InChI=1S/C23H21N3O7S/c1-16-20(9-6-10-21(16)26(29)30)24-22(27)15-33-23(28)17-11-13-19(14-12-17)34(31,32)25(2)18-7-4-3-5-8-18/h3-14H,15H2,1-2H3,(H,24,27). The van der Waals surface area contributed by atoms with Crippen molar-refractivity contribution in [3.63, 3.8) is 0 Å². The zero-order valence-corrected chi connectivity index (χ0v) is 19.1. The monoisotopic (exact) mass is 483 g/mol. The number of para-hydroxylation sites is 1. The highest BCUT2D eigenvalue weighted by atomic mass is 32.2. The van der Waals surface area contributed by atoms with E-state index in [4.69, 9.17) is 4.74 Å². The first kappa shape index (κ1) is 24.4. The average molecular weight is 484 g/mol. The Balaban J connectivity index is 1.62. The van der Waals surface area contributed by atoms with E-state index in [1.165, 1.54) is 56.4 Å². The molecule has 0 heterocycles. The zero-order chi connectivity index (χ0) is 24.9. The second-order valence-corrected chi connectivity index (χ2v) is 9.13. The van der Waals surface area contributed by atoms with Crippen molar-refractivity contribution in [1.82, 2.24) is 0 Å². The highest BCUT2D eigenvalue weighted by molar-refractivity contribution is 7.92. The molecule has 176 valence electrons. The van der Waals surface area contributed by atoms with E-state index < -0.39 is 33.4 Å². The lowest BCUT2D eigenvalue weighted by molar-refractivity contribution is -0.385. The summed E-state index contributed by atoms with van der Waals surface area (Å²) in [5, 5.41) is 13.5. The molecule has 0 aliphatic rings. The molecule has 3 rings (SSSR count). The van der Waals surface area contributed by atoms with Crippen molar-refractivity contribution in [3.05, 3.63) is 94.0 Å². The van der Waals surface area contributed by atoms with Crippen molar-refractivity contribution in [1.29, 1.82) is 0 Å². The number of nitro benzene ring substituents is 1. The smallest absolute Gasteiger partial charge is 0.338 e. The molecular formula is C23H21N3O7S. The maximum absolute atomic E-state index is 12.8. The number of carbonyl (C=O) groups is 2. The minimum Gasteiger partial charge on any atom is -0.452 e. The first-order valence-electron chi connectivity index (χ1n) is 9.96. The molecule has 0 spiro atoms. The number of ether oxygens (including phenoxy) is 1. The predicted octanol–water partition coefficient (Wildman–Crippen LogP) is 3.52. The van der Waals surface area contributed by atoms with Crippen LogP contribution in [0.15, 0.2) is 77.7 Å². The Hall–Kier alpha value is -4.25. The van der Waals surface area contributed by atoms with E-state index in [0.29, 0.717) is 5.69 Å². The summed E-state index contributed by atoms with van der Waals surface area (Å²) < 4.78 is 31.7. The molecule has 0 fully saturated rings.